The van der Waals surface area contributed by atoms with Gasteiger partial charge >= 0.3 is 12.1 Å². The van der Waals surface area contributed by atoms with Crippen LogP contribution in [0.25, 0.3) is 0 Å². The summed E-state index contributed by atoms with van der Waals surface area (Å²) in [5, 5.41) is 0. The van der Waals surface area contributed by atoms with Crippen molar-refractivity contribution >= 4 is 11.8 Å². The van der Waals surface area contributed by atoms with E-state index in [0.29, 0.717) is 4.90 Å². The van der Waals surface area contributed by atoms with Crippen LogP contribution in [0, 0.1) is 0 Å². The average Bonchev–Trinajstić information content (AvgIpc) is 2.46. The number of hydrogen-bond donors (Lipinski definition) is 0. The Bertz CT molecular complexity index is 496. The maximum Gasteiger partial charge on any atom is 0.471 e. The maximum absolute atomic E-state index is 12.3. The molecule has 5 nitrogen and oxygen atoms in total. The van der Waals surface area contributed by atoms with E-state index in [1.54, 1.807) is 12.1 Å². The van der Waals surface area contributed by atoms with Gasteiger partial charge in [0.05, 0.1) is 0 Å². The number of rotatable bonds is 1. The number of amides is 2. The molecule has 1 saturated heterocycles. The highest BCUT2D eigenvalue weighted by molar-refractivity contribution is 5.92. The first-order chi connectivity index (χ1) is 9.39. The van der Waals surface area contributed by atoms with Gasteiger partial charge < -0.3 is 9.80 Å². The van der Waals surface area contributed by atoms with E-state index < -0.39 is 12.1 Å². The summed E-state index contributed by atoms with van der Waals surface area (Å²) in [6, 6.07) is 4.86. The van der Waals surface area contributed by atoms with Crippen molar-refractivity contribution in [1.82, 2.24) is 14.8 Å². The Hall–Kier alpha value is -2.12. The van der Waals surface area contributed by atoms with Crippen molar-refractivity contribution in [1.29, 1.82) is 0 Å². The first-order valence-corrected chi connectivity index (χ1v) is 5.96. The molecule has 1 fully saturated rings. The third-order valence-electron chi connectivity index (χ3n) is 2.98. The lowest BCUT2D eigenvalue weighted by Crippen LogP contribution is -2.53. The molecule has 0 radical (unpaired) electrons. The third-order valence-corrected chi connectivity index (χ3v) is 2.98. The van der Waals surface area contributed by atoms with Gasteiger partial charge in [-0.25, -0.2) is 0 Å². The maximum atomic E-state index is 12.3. The summed E-state index contributed by atoms with van der Waals surface area (Å²) < 4.78 is 36.8. The van der Waals surface area contributed by atoms with E-state index in [0.717, 1.165) is 0 Å². The fourth-order valence-electron chi connectivity index (χ4n) is 1.94. The quantitative estimate of drug-likeness (QED) is 0.772. The van der Waals surface area contributed by atoms with Gasteiger partial charge in [-0.1, -0.05) is 6.07 Å². The highest BCUT2D eigenvalue weighted by Crippen LogP contribution is 2.19. The molecular formula is C12H12F3N3O2. The Morgan fingerprint density at radius 3 is 2.15 bits per heavy atom. The number of nitrogens with zero attached hydrogens (tertiary/aromatic N) is 3. The monoisotopic (exact) mass is 287 g/mol. The van der Waals surface area contributed by atoms with Gasteiger partial charge in [-0.2, -0.15) is 13.2 Å². The predicted octanol–water partition coefficient (Wildman–Crippen LogP) is 0.928. The van der Waals surface area contributed by atoms with Gasteiger partial charge in [-0.3, -0.25) is 14.6 Å². The topological polar surface area (TPSA) is 53.5 Å². The number of carbonyl (C=O) groups is 2. The lowest BCUT2D eigenvalue weighted by Gasteiger charge is -2.34. The molecule has 8 heteroatoms. The smallest absolute Gasteiger partial charge is 0.334 e. The SMILES string of the molecule is O=C(c1ccccn1)N1CCN(C(=O)C(F)(F)F)CC1. The molecule has 0 atom stereocenters. The number of carbonyl (C=O) groups excluding carboxylic acids is 2. The number of pyridine rings is 1. The van der Waals surface area contributed by atoms with Crippen LogP contribution in [0.4, 0.5) is 13.2 Å². The van der Waals surface area contributed by atoms with Crippen LogP contribution < -0.4 is 0 Å². The van der Waals surface area contributed by atoms with Crippen molar-refractivity contribution < 1.29 is 22.8 Å². The van der Waals surface area contributed by atoms with Crippen LogP contribution in [0.1, 0.15) is 10.5 Å². The molecule has 0 aliphatic carbocycles. The van der Waals surface area contributed by atoms with Crippen LogP contribution in [-0.4, -0.2) is 59.0 Å². The van der Waals surface area contributed by atoms with Crippen molar-refractivity contribution in [2.45, 2.75) is 6.18 Å². The fraction of sp³-hybridized carbons (Fsp3) is 0.417. The van der Waals surface area contributed by atoms with Gasteiger partial charge in [0.15, 0.2) is 0 Å². The summed E-state index contributed by atoms with van der Waals surface area (Å²) in [4.78, 5) is 29.1. The van der Waals surface area contributed by atoms with Crippen molar-refractivity contribution in [3.63, 3.8) is 0 Å². The zero-order chi connectivity index (χ0) is 14.8. The standard InChI is InChI=1S/C12H12F3N3O2/c13-12(14,15)11(20)18-7-5-17(6-8-18)10(19)9-3-1-2-4-16-9/h1-4H,5-8H2. The van der Waals surface area contributed by atoms with Gasteiger partial charge in [-0.15, -0.1) is 0 Å². The molecule has 108 valence electrons. The van der Waals surface area contributed by atoms with Gasteiger partial charge in [-0.05, 0) is 12.1 Å². The molecule has 2 amide bonds. The summed E-state index contributed by atoms with van der Waals surface area (Å²) in [6.07, 6.45) is -3.40. The van der Waals surface area contributed by atoms with E-state index in [1.165, 1.54) is 17.2 Å². The first-order valence-electron chi connectivity index (χ1n) is 5.96. The largest absolute Gasteiger partial charge is 0.471 e. The molecule has 1 aliphatic heterocycles. The Balaban J connectivity index is 1.95. The zero-order valence-electron chi connectivity index (χ0n) is 10.4. The molecule has 0 bridgehead atoms. The van der Waals surface area contributed by atoms with Gasteiger partial charge in [0.1, 0.15) is 5.69 Å². The summed E-state index contributed by atoms with van der Waals surface area (Å²) in [5.41, 5.74) is 0.239. The molecule has 2 heterocycles. The highest BCUT2D eigenvalue weighted by Gasteiger charge is 2.43. The van der Waals surface area contributed by atoms with E-state index in [1.807, 2.05) is 0 Å². The van der Waals surface area contributed by atoms with Crippen LogP contribution in [-0.2, 0) is 4.79 Å². The molecule has 0 unspecified atom stereocenters. The van der Waals surface area contributed by atoms with Gasteiger partial charge in [0.25, 0.3) is 5.91 Å². The van der Waals surface area contributed by atoms with Crippen LogP contribution >= 0.6 is 0 Å². The van der Waals surface area contributed by atoms with Crippen LogP contribution in [0.3, 0.4) is 0 Å². The van der Waals surface area contributed by atoms with Crippen LogP contribution in [0.2, 0.25) is 0 Å². The molecule has 0 saturated carbocycles. The van der Waals surface area contributed by atoms with Crippen molar-refractivity contribution in [2.24, 2.45) is 0 Å². The molecular weight excluding hydrogens is 275 g/mol. The molecule has 0 aromatic carbocycles. The lowest BCUT2D eigenvalue weighted by molar-refractivity contribution is -0.186. The number of aromatic nitrogens is 1. The van der Waals surface area contributed by atoms with Crippen LogP contribution in [0.5, 0.6) is 0 Å². The van der Waals surface area contributed by atoms with E-state index in [2.05, 4.69) is 4.98 Å². The van der Waals surface area contributed by atoms with Crippen LogP contribution in [0.15, 0.2) is 24.4 Å². The number of piperazine rings is 1. The lowest BCUT2D eigenvalue weighted by atomic mass is 10.2. The summed E-state index contributed by atoms with van der Waals surface area (Å²) in [7, 11) is 0. The second kappa shape index (κ2) is 5.48. The number of hydrogen-bond acceptors (Lipinski definition) is 3. The van der Waals surface area contributed by atoms with E-state index in [4.69, 9.17) is 0 Å². The normalized spacial score (nSPS) is 16.1. The Labute approximate surface area is 113 Å². The minimum Gasteiger partial charge on any atom is -0.334 e. The van der Waals surface area contributed by atoms with Crippen molar-refractivity contribution in [3.05, 3.63) is 30.1 Å². The van der Waals surface area contributed by atoms with E-state index in [9.17, 15) is 22.8 Å². The Morgan fingerprint density at radius 1 is 1.05 bits per heavy atom. The molecule has 1 aliphatic rings. The second-order valence-electron chi connectivity index (χ2n) is 4.30. The molecule has 2 rings (SSSR count). The first kappa shape index (κ1) is 14.3. The minimum atomic E-state index is -4.87. The second-order valence-corrected chi connectivity index (χ2v) is 4.30. The molecule has 20 heavy (non-hydrogen) atoms. The fourth-order valence-corrected chi connectivity index (χ4v) is 1.94. The zero-order valence-corrected chi connectivity index (χ0v) is 10.4. The van der Waals surface area contributed by atoms with E-state index >= 15 is 0 Å². The highest BCUT2D eigenvalue weighted by atomic mass is 19.4. The molecule has 0 N–H and O–H groups in total. The minimum absolute atomic E-state index is 0.0667. The van der Waals surface area contributed by atoms with Crippen molar-refractivity contribution in [3.8, 4) is 0 Å². The molecule has 0 spiro atoms. The summed E-state index contributed by atoms with van der Waals surface area (Å²) in [6.45, 7) is -0.123. The average molecular weight is 287 g/mol. The molecule has 1 aromatic heterocycles. The van der Waals surface area contributed by atoms with E-state index in [-0.39, 0.29) is 37.8 Å². The van der Waals surface area contributed by atoms with Gasteiger partial charge in [0.2, 0.25) is 0 Å². The molecule has 1 aromatic rings. The summed E-state index contributed by atoms with van der Waals surface area (Å²) >= 11 is 0. The summed E-state index contributed by atoms with van der Waals surface area (Å²) in [5.74, 6) is -2.20. The number of halogens is 3. The van der Waals surface area contributed by atoms with Gasteiger partial charge in [0, 0.05) is 32.4 Å². The number of alkyl halides is 3. The predicted molar refractivity (Wildman–Crippen MR) is 62.8 cm³/mol. The Morgan fingerprint density at radius 2 is 1.65 bits per heavy atom. The third kappa shape index (κ3) is 3.06. The Kier molecular flexibility index (Phi) is 3.91. The van der Waals surface area contributed by atoms with Crippen molar-refractivity contribution in [2.75, 3.05) is 26.2 Å².